The maximum absolute atomic E-state index is 12.1. The zero-order valence-corrected chi connectivity index (χ0v) is 13.7. The SMILES string of the molecule is C[C@H]([NH2+]CC(=O)N[C@H](C)c1ccccc1)c1cccc(Cl)c1. The van der Waals surface area contributed by atoms with Gasteiger partial charge in [-0.3, -0.25) is 4.79 Å². The molecular formula is C18H22ClN2O+. The zero-order valence-electron chi connectivity index (χ0n) is 12.9. The van der Waals surface area contributed by atoms with Crippen LogP contribution in [-0.2, 0) is 4.79 Å². The largest absolute Gasteiger partial charge is 0.345 e. The van der Waals surface area contributed by atoms with Gasteiger partial charge >= 0.3 is 0 Å². The molecule has 0 spiro atoms. The number of carbonyl (C=O) groups excluding carboxylic acids is 1. The summed E-state index contributed by atoms with van der Waals surface area (Å²) in [5, 5.41) is 5.75. The van der Waals surface area contributed by atoms with Crippen molar-refractivity contribution in [2.75, 3.05) is 6.54 Å². The van der Waals surface area contributed by atoms with Gasteiger partial charge in [-0.05, 0) is 31.5 Å². The molecule has 0 radical (unpaired) electrons. The van der Waals surface area contributed by atoms with Crippen LogP contribution in [0, 0.1) is 0 Å². The number of quaternary nitrogens is 1. The lowest BCUT2D eigenvalue weighted by atomic mass is 10.1. The monoisotopic (exact) mass is 317 g/mol. The van der Waals surface area contributed by atoms with Crippen LogP contribution in [0.3, 0.4) is 0 Å². The Balaban J connectivity index is 1.82. The smallest absolute Gasteiger partial charge is 0.275 e. The van der Waals surface area contributed by atoms with Gasteiger partial charge in [0.05, 0.1) is 6.04 Å². The lowest BCUT2D eigenvalue weighted by Crippen LogP contribution is -2.87. The summed E-state index contributed by atoms with van der Waals surface area (Å²) >= 11 is 6.00. The molecule has 3 N–H and O–H groups in total. The molecule has 0 unspecified atom stereocenters. The topological polar surface area (TPSA) is 45.7 Å². The number of halogens is 1. The van der Waals surface area contributed by atoms with Crippen molar-refractivity contribution in [2.24, 2.45) is 0 Å². The Labute approximate surface area is 136 Å². The van der Waals surface area contributed by atoms with Crippen molar-refractivity contribution in [3.05, 3.63) is 70.7 Å². The third-order valence-corrected chi connectivity index (χ3v) is 3.94. The van der Waals surface area contributed by atoms with Gasteiger partial charge in [0.15, 0.2) is 6.54 Å². The lowest BCUT2D eigenvalue weighted by molar-refractivity contribution is -0.682. The fourth-order valence-electron chi connectivity index (χ4n) is 2.34. The first-order valence-electron chi connectivity index (χ1n) is 7.49. The first-order valence-corrected chi connectivity index (χ1v) is 7.87. The minimum atomic E-state index is 0.0172. The maximum Gasteiger partial charge on any atom is 0.275 e. The van der Waals surface area contributed by atoms with Crippen LogP contribution in [0.15, 0.2) is 54.6 Å². The molecule has 0 heterocycles. The molecule has 0 saturated carbocycles. The minimum absolute atomic E-state index is 0.0172. The highest BCUT2D eigenvalue weighted by Crippen LogP contribution is 2.14. The third kappa shape index (κ3) is 4.86. The number of amides is 1. The van der Waals surface area contributed by atoms with Crippen molar-refractivity contribution >= 4 is 17.5 Å². The molecule has 3 nitrogen and oxygen atoms in total. The molecular weight excluding hydrogens is 296 g/mol. The fourth-order valence-corrected chi connectivity index (χ4v) is 2.53. The molecule has 0 aliphatic rings. The van der Waals surface area contributed by atoms with Crippen molar-refractivity contribution in [1.82, 2.24) is 5.32 Å². The molecule has 0 aliphatic heterocycles. The molecule has 0 aromatic heterocycles. The van der Waals surface area contributed by atoms with E-state index in [1.165, 1.54) is 0 Å². The normalized spacial score (nSPS) is 13.4. The van der Waals surface area contributed by atoms with Crippen LogP contribution in [0.4, 0.5) is 0 Å². The van der Waals surface area contributed by atoms with E-state index in [0.29, 0.717) is 6.54 Å². The van der Waals surface area contributed by atoms with Crippen molar-refractivity contribution < 1.29 is 10.1 Å². The quantitative estimate of drug-likeness (QED) is 0.845. The van der Waals surface area contributed by atoms with E-state index in [1.807, 2.05) is 66.8 Å². The highest BCUT2D eigenvalue weighted by molar-refractivity contribution is 6.30. The maximum atomic E-state index is 12.1. The Morgan fingerprint density at radius 3 is 2.45 bits per heavy atom. The Hall–Kier alpha value is -1.84. The predicted octanol–water partition coefficient (Wildman–Crippen LogP) is 2.84. The summed E-state index contributed by atoms with van der Waals surface area (Å²) in [5.41, 5.74) is 2.23. The van der Waals surface area contributed by atoms with Crippen LogP contribution in [0.5, 0.6) is 0 Å². The Bertz CT molecular complexity index is 615. The standard InChI is InChI=1S/C18H21ClN2O/c1-13(16-9-6-10-17(19)11-16)20-12-18(22)21-14(2)15-7-4-3-5-8-15/h3-11,13-14,20H,12H2,1-2H3,(H,21,22)/p+1/t13-,14+/m0/s1. The second kappa shape index (κ2) is 7.97. The summed E-state index contributed by atoms with van der Waals surface area (Å²) in [6, 6.07) is 17.9. The molecule has 2 aromatic carbocycles. The number of benzene rings is 2. The number of nitrogens with two attached hydrogens (primary N) is 1. The van der Waals surface area contributed by atoms with Crippen molar-refractivity contribution in [3.63, 3.8) is 0 Å². The van der Waals surface area contributed by atoms with Gasteiger partial charge < -0.3 is 10.6 Å². The summed E-state index contributed by atoms with van der Waals surface area (Å²) in [7, 11) is 0. The van der Waals surface area contributed by atoms with Crippen LogP contribution in [-0.4, -0.2) is 12.5 Å². The van der Waals surface area contributed by atoms with Crippen LogP contribution >= 0.6 is 11.6 Å². The van der Waals surface area contributed by atoms with Crippen LogP contribution in [0.1, 0.15) is 37.1 Å². The highest BCUT2D eigenvalue weighted by atomic mass is 35.5. The minimum Gasteiger partial charge on any atom is -0.345 e. The lowest BCUT2D eigenvalue weighted by Gasteiger charge is -2.15. The van der Waals surface area contributed by atoms with E-state index in [2.05, 4.69) is 12.2 Å². The van der Waals surface area contributed by atoms with E-state index in [0.717, 1.165) is 16.1 Å². The number of hydrogen-bond donors (Lipinski definition) is 2. The van der Waals surface area contributed by atoms with E-state index in [-0.39, 0.29) is 18.0 Å². The zero-order chi connectivity index (χ0) is 15.9. The summed E-state index contributed by atoms with van der Waals surface area (Å²) < 4.78 is 0. The molecule has 22 heavy (non-hydrogen) atoms. The Morgan fingerprint density at radius 1 is 1.09 bits per heavy atom. The van der Waals surface area contributed by atoms with Crippen molar-refractivity contribution in [1.29, 1.82) is 0 Å². The Morgan fingerprint density at radius 2 is 1.77 bits per heavy atom. The summed E-state index contributed by atoms with van der Waals surface area (Å²) in [5.74, 6) is 0.0326. The van der Waals surface area contributed by atoms with Crippen LogP contribution < -0.4 is 10.6 Å². The highest BCUT2D eigenvalue weighted by Gasteiger charge is 2.14. The van der Waals surface area contributed by atoms with Gasteiger partial charge in [0.1, 0.15) is 6.04 Å². The summed E-state index contributed by atoms with van der Waals surface area (Å²) in [4.78, 5) is 12.1. The van der Waals surface area contributed by atoms with E-state index >= 15 is 0 Å². The molecule has 2 aromatic rings. The van der Waals surface area contributed by atoms with Gasteiger partial charge in [-0.2, -0.15) is 0 Å². The van der Waals surface area contributed by atoms with E-state index in [1.54, 1.807) is 0 Å². The van der Waals surface area contributed by atoms with Crippen LogP contribution in [0.2, 0.25) is 5.02 Å². The number of carbonyl (C=O) groups is 1. The molecule has 2 atom stereocenters. The van der Waals surface area contributed by atoms with Gasteiger partial charge in [0.25, 0.3) is 5.91 Å². The first-order chi connectivity index (χ1) is 10.6. The first kappa shape index (κ1) is 16.5. The molecule has 1 amide bonds. The molecule has 2 rings (SSSR count). The summed E-state index contributed by atoms with van der Waals surface area (Å²) in [6.45, 7) is 4.46. The van der Waals surface area contributed by atoms with E-state index in [9.17, 15) is 4.79 Å². The molecule has 0 fully saturated rings. The van der Waals surface area contributed by atoms with Gasteiger partial charge in [0, 0.05) is 10.6 Å². The molecule has 0 saturated heterocycles. The fraction of sp³-hybridized carbons (Fsp3) is 0.278. The number of nitrogens with one attached hydrogen (secondary N) is 1. The Kier molecular flexibility index (Phi) is 5.99. The summed E-state index contributed by atoms with van der Waals surface area (Å²) in [6.07, 6.45) is 0. The van der Waals surface area contributed by atoms with E-state index in [4.69, 9.17) is 11.6 Å². The van der Waals surface area contributed by atoms with Gasteiger partial charge in [-0.25, -0.2) is 0 Å². The van der Waals surface area contributed by atoms with Gasteiger partial charge in [-0.1, -0.05) is 54.1 Å². The van der Waals surface area contributed by atoms with Crippen molar-refractivity contribution in [3.8, 4) is 0 Å². The average molecular weight is 318 g/mol. The number of hydrogen-bond acceptors (Lipinski definition) is 1. The van der Waals surface area contributed by atoms with Gasteiger partial charge in [-0.15, -0.1) is 0 Å². The molecule has 4 heteroatoms. The molecule has 116 valence electrons. The number of rotatable bonds is 6. The average Bonchev–Trinajstić information content (AvgIpc) is 2.53. The second-order valence-corrected chi connectivity index (χ2v) is 5.92. The third-order valence-electron chi connectivity index (χ3n) is 3.71. The van der Waals surface area contributed by atoms with E-state index < -0.39 is 0 Å². The second-order valence-electron chi connectivity index (χ2n) is 5.48. The molecule has 0 bridgehead atoms. The van der Waals surface area contributed by atoms with Crippen LogP contribution in [0.25, 0.3) is 0 Å². The van der Waals surface area contributed by atoms with Gasteiger partial charge in [0.2, 0.25) is 0 Å². The molecule has 0 aliphatic carbocycles. The van der Waals surface area contributed by atoms with Crippen molar-refractivity contribution in [2.45, 2.75) is 25.9 Å². The predicted molar refractivity (Wildman–Crippen MR) is 89.7 cm³/mol.